The molecule has 17 heavy (non-hydrogen) atoms. The molecule has 1 aliphatic heterocycles. The Bertz CT molecular complexity index is 411. The number of aromatic nitrogens is 2. The Morgan fingerprint density at radius 3 is 3.24 bits per heavy atom. The third kappa shape index (κ3) is 2.62. The van der Waals surface area contributed by atoms with Gasteiger partial charge in [-0.25, -0.2) is 9.78 Å². The van der Waals surface area contributed by atoms with Crippen molar-refractivity contribution in [3.8, 4) is 0 Å². The normalized spacial score (nSPS) is 19.4. The van der Waals surface area contributed by atoms with Crippen LogP contribution in [-0.2, 0) is 0 Å². The summed E-state index contributed by atoms with van der Waals surface area (Å²) in [5.41, 5.74) is 5.02. The van der Waals surface area contributed by atoms with Gasteiger partial charge in [0.25, 0.3) is 0 Å². The molecule has 0 aromatic carbocycles. The number of rotatable bonds is 3. The first-order valence-corrected chi connectivity index (χ1v) is 5.47. The van der Waals surface area contributed by atoms with E-state index in [1.165, 1.54) is 0 Å². The van der Waals surface area contributed by atoms with E-state index in [4.69, 9.17) is 5.73 Å². The fourth-order valence-electron chi connectivity index (χ4n) is 1.97. The average Bonchev–Trinajstić information content (AvgIpc) is 2.76. The van der Waals surface area contributed by atoms with E-state index in [9.17, 15) is 9.90 Å². The van der Waals surface area contributed by atoms with Crippen molar-refractivity contribution in [2.75, 3.05) is 23.4 Å². The number of aliphatic hydroxyl groups is 1. The van der Waals surface area contributed by atoms with Gasteiger partial charge in [0.05, 0.1) is 12.6 Å². The maximum absolute atomic E-state index is 10.7. The number of nitrogens with zero attached hydrogens (tertiary/aromatic N) is 3. The predicted molar refractivity (Wildman–Crippen MR) is 62.7 cm³/mol. The van der Waals surface area contributed by atoms with E-state index in [1.54, 1.807) is 12.3 Å². The predicted octanol–water partition coefficient (Wildman–Crippen LogP) is -0.0717. The molecule has 0 radical (unpaired) electrons. The molecule has 92 valence electrons. The van der Waals surface area contributed by atoms with Crippen molar-refractivity contribution in [1.29, 1.82) is 0 Å². The quantitative estimate of drug-likeness (QED) is 0.682. The molecule has 2 heterocycles. The summed E-state index contributed by atoms with van der Waals surface area (Å²) >= 11 is 0. The Kier molecular flexibility index (Phi) is 3.38. The summed E-state index contributed by atoms with van der Waals surface area (Å²) in [6.45, 7) is 0.891. The van der Waals surface area contributed by atoms with Crippen molar-refractivity contribution >= 4 is 17.8 Å². The van der Waals surface area contributed by atoms with Crippen molar-refractivity contribution in [1.82, 2.24) is 9.97 Å². The van der Waals surface area contributed by atoms with Crippen molar-refractivity contribution in [3.63, 3.8) is 0 Å². The lowest BCUT2D eigenvalue weighted by molar-refractivity contribution is 0.259. The number of nitrogens with one attached hydrogen (secondary N) is 1. The number of amides is 2. The second kappa shape index (κ2) is 4.96. The summed E-state index contributed by atoms with van der Waals surface area (Å²) in [7, 11) is 0. The molecule has 0 aliphatic carbocycles. The topological polar surface area (TPSA) is 104 Å². The minimum absolute atomic E-state index is 0.0545. The van der Waals surface area contributed by atoms with Crippen LogP contribution in [0.2, 0.25) is 0 Å². The Labute approximate surface area is 98.7 Å². The van der Waals surface area contributed by atoms with Gasteiger partial charge >= 0.3 is 6.03 Å². The molecule has 0 bridgehead atoms. The van der Waals surface area contributed by atoms with Crippen LogP contribution in [0.5, 0.6) is 0 Å². The van der Waals surface area contributed by atoms with Crippen LogP contribution in [-0.4, -0.2) is 40.3 Å². The van der Waals surface area contributed by atoms with Crippen LogP contribution in [0.4, 0.5) is 16.6 Å². The highest BCUT2D eigenvalue weighted by Crippen LogP contribution is 2.22. The van der Waals surface area contributed by atoms with Crippen molar-refractivity contribution in [3.05, 3.63) is 12.3 Å². The van der Waals surface area contributed by atoms with Crippen molar-refractivity contribution in [2.24, 2.45) is 5.73 Å². The molecule has 1 aliphatic rings. The standard InChI is InChI=1S/C10H15N5O2/c11-9(17)13-8-3-4-12-10(14-8)15-5-1-2-7(15)6-16/h3-4,7,16H,1-2,5-6H2,(H3,11,12,13,14,17). The number of primary amides is 1. The third-order valence-electron chi connectivity index (χ3n) is 2.74. The fraction of sp³-hybridized carbons (Fsp3) is 0.500. The number of nitrogens with two attached hydrogens (primary N) is 1. The molecular formula is C10H15N5O2. The van der Waals surface area contributed by atoms with Gasteiger partial charge in [0.15, 0.2) is 0 Å². The SMILES string of the molecule is NC(=O)Nc1ccnc(N2CCCC2CO)n1. The first kappa shape index (κ1) is 11.6. The number of carbonyl (C=O) groups excluding carboxylic acids is 1. The summed E-state index contributed by atoms with van der Waals surface area (Å²) < 4.78 is 0. The fourth-order valence-corrected chi connectivity index (χ4v) is 1.97. The molecule has 1 atom stereocenters. The number of carbonyl (C=O) groups is 1. The highest BCUT2D eigenvalue weighted by molar-refractivity contribution is 5.86. The van der Waals surface area contributed by atoms with Crippen LogP contribution in [0.3, 0.4) is 0 Å². The van der Waals surface area contributed by atoms with Crippen LogP contribution >= 0.6 is 0 Å². The monoisotopic (exact) mass is 237 g/mol. The highest BCUT2D eigenvalue weighted by Gasteiger charge is 2.25. The van der Waals surface area contributed by atoms with Crippen molar-refractivity contribution in [2.45, 2.75) is 18.9 Å². The number of aliphatic hydroxyl groups excluding tert-OH is 1. The average molecular weight is 237 g/mol. The highest BCUT2D eigenvalue weighted by atomic mass is 16.3. The van der Waals surface area contributed by atoms with Gasteiger partial charge in [0.2, 0.25) is 5.95 Å². The van der Waals surface area contributed by atoms with E-state index in [0.29, 0.717) is 11.8 Å². The summed E-state index contributed by atoms with van der Waals surface area (Å²) in [5, 5.41) is 11.6. The Balaban J connectivity index is 2.17. The molecule has 0 spiro atoms. The molecule has 1 saturated heterocycles. The largest absolute Gasteiger partial charge is 0.394 e. The smallest absolute Gasteiger partial charge is 0.317 e. The van der Waals surface area contributed by atoms with E-state index >= 15 is 0 Å². The van der Waals surface area contributed by atoms with Crippen LogP contribution in [0, 0.1) is 0 Å². The van der Waals surface area contributed by atoms with Crippen LogP contribution in [0.15, 0.2) is 12.3 Å². The van der Waals surface area contributed by atoms with Crippen molar-refractivity contribution < 1.29 is 9.90 Å². The lowest BCUT2D eigenvalue weighted by Crippen LogP contribution is -2.33. The van der Waals surface area contributed by atoms with Gasteiger partial charge < -0.3 is 15.7 Å². The lowest BCUT2D eigenvalue weighted by atomic mass is 10.2. The van der Waals surface area contributed by atoms with E-state index in [-0.39, 0.29) is 12.6 Å². The van der Waals surface area contributed by atoms with Crippen LogP contribution in [0.25, 0.3) is 0 Å². The first-order chi connectivity index (χ1) is 8.20. The second-order valence-electron chi connectivity index (χ2n) is 3.90. The molecule has 2 amide bonds. The maximum atomic E-state index is 10.7. The summed E-state index contributed by atoms with van der Waals surface area (Å²) in [6.07, 6.45) is 3.48. The minimum atomic E-state index is -0.658. The molecule has 1 unspecified atom stereocenters. The van der Waals surface area contributed by atoms with Gasteiger partial charge in [-0.05, 0) is 18.9 Å². The molecule has 4 N–H and O–H groups in total. The molecule has 1 aromatic rings. The molecular weight excluding hydrogens is 222 g/mol. The van der Waals surface area contributed by atoms with Gasteiger partial charge in [0, 0.05) is 12.7 Å². The number of hydrogen-bond acceptors (Lipinski definition) is 5. The number of hydrogen-bond donors (Lipinski definition) is 3. The van der Waals surface area contributed by atoms with Gasteiger partial charge in [-0.15, -0.1) is 0 Å². The lowest BCUT2D eigenvalue weighted by Gasteiger charge is -2.22. The number of anilines is 2. The van der Waals surface area contributed by atoms with Gasteiger partial charge in [-0.2, -0.15) is 4.98 Å². The Morgan fingerprint density at radius 2 is 2.53 bits per heavy atom. The summed E-state index contributed by atoms with van der Waals surface area (Å²) in [6, 6.07) is 0.965. The zero-order chi connectivity index (χ0) is 12.3. The molecule has 1 aromatic heterocycles. The summed E-state index contributed by atoms with van der Waals surface area (Å²) in [5.74, 6) is 0.874. The minimum Gasteiger partial charge on any atom is -0.394 e. The molecule has 0 saturated carbocycles. The third-order valence-corrected chi connectivity index (χ3v) is 2.74. The van der Waals surface area contributed by atoms with E-state index in [0.717, 1.165) is 19.4 Å². The Hall–Kier alpha value is -1.89. The van der Waals surface area contributed by atoms with E-state index < -0.39 is 6.03 Å². The first-order valence-electron chi connectivity index (χ1n) is 5.47. The molecule has 2 rings (SSSR count). The van der Waals surface area contributed by atoms with E-state index in [2.05, 4.69) is 15.3 Å². The molecule has 1 fully saturated rings. The molecule has 7 heteroatoms. The Morgan fingerprint density at radius 1 is 1.71 bits per heavy atom. The second-order valence-corrected chi connectivity index (χ2v) is 3.90. The van der Waals surface area contributed by atoms with E-state index in [1.807, 2.05) is 4.90 Å². The number of urea groups is 1. The zero-order valence-corrected chi connectivity index (χ0v) is 9.33. The van der Waals surface area contributed by atoms with Crippen LogP contribution < -0.4 is 16.0 Å². The zero-order valence-electron chi connectivity index (χ0n) is 9.33. The molecule has 7 nitrogen and oxygen atoms in total. The van der Waals surface area contributed by atoms with Gasteiger partial charge in [-0.3, -0.25) is 5.32 Å². The van der Waals surface area contributed by atoms with Gasteiger partial charge in [0.1, 0.15) is 5.82 Å². The van der Waals surface area contributed by atoms with Crippen LogP contribution in [0.1, 0.15) is 12.8 Å². The van der Waals surface area contributed by atoms with Gasteiger partial charge in [-0.1, -0.05) is 0 Å². The maximum Gasteiger partial charge on any atom is 0.317 e. The summed E-state index contributed by atoms with van der Waals surface area (Å²) in [4.78, 5) is 21.0.